The van der Waals surface area contributed by atoms with Gasteiger partial charge in [-0.25, -0.2) is 4.98 Å². The van der Waals surface area contributed by atoms with Gasteiger partial charge in [0.2, 0.25) is 0 Å². The maximum atomic E-state index is 5.30. The maximum absolute atomic E-state index is 5.30. The Bertz CT molecular complexity index is 288. The van der Waals surface area contributed by atoms with E-state index in [0.29, 0.717) is 5.25 Å². The first-order valence-corrected chi connectivity index (χ1v) is 6.90. The Morgan fingerprint density at radius 2 is 2.31 bits per heavy atom. The van der Waals surface area contributed by atoms with Crippen molar-refractivity contribution in [2.75, 3.05) is 13.1 Å². The van der Waals surface area contributed by atoms with Crippen LogP contribution in [-0.2, 0) is 0 Å². The molecule has 1 N–H and O–H groups in total. The van der Waals surface area contributed by atoms with Crippen LogP contribution in [0.15, 0.2) is 15.9 Å². The molecule has 0 aromatic carbocycles. The number of unbranched alkanes of at least 4 members (excludes halogenated alkanes) is 2. The lowest BCUT2D eigenvalue weighted by atomic mass is 10.2. The number of nitrogens with one attached hydrogen (secondary N) is 1. The SMILES string of the molecule is CCCCCNCC(C)Sc1nc(C)co1. The van der Waals surface area contributed by atoms with Gasteiger partial charge in [-0.1, -0.05) is 38.5 Å². The van der Waals surface area contributed by atoms with Gasteiger partial charge in [-0.15, -0.1) is 0 Å². The van der Waals surface area contributed by atoms with Crippen LogP contribution in [0.4, 0.5) is 0 Å². The molecule has 0 fully saturated rings. The molecule has 0 aliphatic heterocycles. The summed E-state index contributed by atoms with van der Waals surface area (Å²) in [6.45, 7) is 8.49. The Morgan fingerprint density at radius 3 is 2.94 bits per heavy atom. The van der Waals surface area contributed by atoms with Gasteiger partial charge in [-0.05, 0) is 19.9 Å². The van der Waals surface area contributed by atoms with Gasteiger partial charge in [0.1, 0.15) is 6.26 Å². The van der Waals surface area contributed by atoms with E-state index in [-0.39, 0.29) is 0 Å². The molecule has 1 atom stereocenters. The third kappa shape index (κ3) is 5.56. The number of hydrogen-bond acceptors (Lipinski definition) is 4. The van der Waals surface area contributed by atoms with Crippen molar-refractivity contribution in [3.05, 3.63) is 12.0 Å². The summed E-state index contributed by atoms with van der Waals surface area (Å²) in [5.41, 5.74) is 0.950. The monoisotopic (exact) mass is 242 g/mol. The molecule has 1 unspecified atom stereocenters. The fraction of sp³-hybridized carbons (Fsp3) is 0.750. The molecule has 16 heavy (non-hydrogen) atoms. The number of hydrogen-bond donors (Lipinski definition) is 1. The zero-order chi connectivity index (χ0) is 11.8. The van der Waals surface area contributed by atoms with E-state index in [1.165, 1.54) is 19.3 Å². The molecule has 1 aromatic heterocycles. The van der Waals surface area contributed by atoms with Crippen LogP contribution in [0.2, 0.25) is 0 Å². The third-order valence-corrected chi connectivity index (χ3v) is 3.25. The molecule has 1 heterocycles. The van der Waals surface area contributed by atoms with Crippen LogP contribution in [-0.4, -0.2) is 23.3 Å². The predicted molar refractivity (Wildman–Crippen MR) is 69.0 cm³/mol. The normalized spacial score (nSPS) is 12.9. The van der Waals surface area contributed by atoms with Gasteiger partial charge >= 0.3 is 0 Å². The summed E-state index contributed by atoms with van der Waals surface area (Å²) in [4.78, 5) is 4.28. The largest absolute Gasteiger partial charge is 0.440 e. The van der Waals surface area contributed by atoms with Crippen molar-refractivity contribution in [2.24, 2.45) is 0 Å². The lowest BCUT2D eigenvalue weighted by Crippen LogP contribution is -2.23. The van der Waals surface area contributed by atoms with Gasteiger partial charge in [-0.2, -0.15) is 0 Å². The second-order valence-corrected chi connectivity index (χ2v) is 5.48. The van der Waals surface area contributed by atoms with Gasteiger partial charge in [0.05, 0.1) is 5.69 Å². The van der Waals surface area contributed by atoms with E-state index in [2.05, 4.69) is 24.1 Å². The number of nitrogens with zero attached hydrogens (tertiary/aromatic N) is 1. The van der Waals surface area contributed by atoms with E-state index in [4.69, 9.17) is 4.42 Å². The van der Waals surface area contributed by atoms with Crippen molar-refractivity contribution in [1.29, 1.82) is 0 Å². The molecule has 0 radical (unpaired) electrons. The highest BCUT2D eigenvalue weighted by Gasteiger charge is 2.08. The fourth-order valence-corrected chi connectivity index (χ4v) is 2.25. The van der Waals surface area contributed by atoms with E-state index < -0.39 is 0 Å². The highest BCUT2D eigenvalue weighted by molar-refractivity contribution is 7.99. The van der Waals surface area contributed by atoms with E-state index in [1.807, 2.05) is 6.92 Å². The summed E-state index contributed by atoms with van der Waals surface area (Å²) in [5.74, 6) is 0. The van der Waals surface area contributed by atoms with Gasteiger partial charge in [-0.3, -0.25) is 0 Å². The van der Waals surface area contributed by atoms with Gasteiger partial charge in [0, 0.05) is 11.8 Å². The molecule has 1 rings (SSSR count). The highest BCUT2D eigenvalue weighted by atomic mass is 32.2. The summed E-state index contributed by atoms with van der Waals surface area (Å²) in [6, 6.07) is 0. The zero-order valence-corrected chi connectivity index (χ0v) is 11.3. The number of thioether (sulfide) groups is 1. The van der Waals surface area contributed by atoms with Crippen molar-refractivity contribution in [1.82, 2.24) is 10.3 Å². The fourth-order valence-electron chi connectivity index (χ4n) is 1.41. The van der Waals surface area contributed by atoms with Crippen molar-refractivity contribution in [2.45, 2.75) is 50.5 Å². The average Bonchev–Trinajstić information content (AvgIpc) is 2.63. The van der Waals surface area contributed by atoms with Gasteiger partial charge in [0.25, 0.3) is 5.22 Å². The Kier molecular flexibility index (Phi) is 6.57. The highest BCUT2D eigenvalue weighted by Crippen LogP contribution is 2.21. The average molecular weight is 242 g/mol. The van der Waals surface area contributed by atoms with Crippen LogP contribution >= 0.6 is 11.8 Å². The van der Waals surface area contributed by atoms with Crippen molar-refractivity contribution < 1.29 is 4.42 Å². The minimum atomic E-state index is 0.500. The van der Waals surface area contributed by atoms with Crippen LogP contribution < -0.4 is 5.32 Å². The number of aryl methyl sites for hydroxylation is 1. The summed E-state index contributed by atoms with van der Waals surface area (Å²) >= 11 is 1.69. The molecule has 1 aromatic rings. The Labute approximate surface area is 102 Å². The van der Waals surface area contributed by atoms with Crippen LogP contribution in [0.1, 0.15) is 38.8 Å². The molecule has 3 nitrogen and oxygen atoms in total. The van der Waals surface area contributed by atoms with E-state index in [1.54, 1.807) is 18.0 Å². The number of aromatic nitrogens is 1. The van der Waals surface area contributed by atoms with Gasteiger partial charge in [0.15, 0.2) is 0 Å². The van der Waals surface area contributed by atoms with Crippen molar-refractivity contribution in [3.8, 4) is 0 Å². The number of oxazole rings is 1. The van der Waals surface area contributed by atoms with Crippen LogP contribution in [0, 0.1) is 6.92 Å². The van der Waals surface area contributed by atoms with E-state index in [0.717, 1.165) is 24.0 Å². The minimum Gasteiger partial charge on any atom is -0.440 e. The molecular weight excluding hydrogens is 220 g/mol. The Balaban J connectivity index is 2.09. The molecule has 0 aliphatic carbocycles. The molecule has 0 bridgehead atoms. The first-order valence-electron chi connectivity index (χ1n) is 6.02. The minimum absolute atomic E-state index is 0.500. The maximum Gasteiger partial charge on any atom is 0.256 e. The third-order valence-electron chi connectivity index (χ3n) is 2.29. The summed E-state index contributed by atoms with van der Waals surface area (Å²) in [7, 11) is 0. The topological polar surface area (TPSA) is 38.1 Å². The summed E-state index contributed by atoms with van der Waals surface area (Å²) in [5, 5.41) is 4.73. The lowest BCUT2D eigenvalue weighted by molar-refractivity contribution is 0.452. The van der Waals surface area contributed by atoms with E-state index >= 15 is 0 Å². The lowest BCUT2D eigenvalue weighted by Gasteiger charge is -2.09. The quantitative estimate of drug-likeness (QED) is 0.561. The molecule has 92 valence electrons. The van der Waals surface area contributed by atoms with Gasteiger partial charge < -0.3 is 9.73 Å². The Hall–Kier alpha value is -0.480. The Morgan fingerprint density at radius 1 is 1.50 bits per heavy atom. The van der Waals surface area contributed by atoms with Crippen molar-refractivity contribution >= 4 is 11.8 Å². The summed E-state index contributed by atoms with van der Waals surface area (Å²) < 4.78 is 5.30. The standard InChI is InChI=1S/C12H22N2OS/c1-4-5-6-7-13-8-11(3)16-12-14-10(2)9-15-12/h9,11,13H,4-8H2,1-3H3. The first kappa shape index (κ1) is 13.6. The first-order chi connectivity index (χ1) is 7.72. The van der Waals surface area contributed by atoms with Crippen LogP contribution in [0.5, 0.6) is 0 Å². The molecule has 0 spiro atoms. The van der Waals surface area contributed by atoms with Crippen LogP contribution in [0.25, 0.3) is 0 Å². The molecule has 0 amide bonds. The molecule has 0 aliphatic rings. The molecule has 0 saturated heterocycles. The molecular formula is C12H22N2OS. The summed E-state index contributed by atoms with van der Waals surface area (Å²) in [6.07, 6.45) is 5.56. The second-order valence-electron chi connectivity index (χ2n) is 4.09. The van der Waals surface area contributed by atoms with E-state index in [9.17, 15) is 0 Å². The smallest absolute Gasteiger partial charge is 0.256 e. The van der Waals surface area contributed by atoms with Crippen molar-refractivity contribution in [3.63, 3.8) is 0 Å². The zero-order valence-electron chi connectivity index (χ0n) is 10.5. The number of rotatable bonds is 8. The van der Waals surface area contributed by atoms with Crippen LogP contribution in [0.3, 0.4) is 0 Å². The predicted octanol–water partition coefficient (Wildman–Crippen LogP) is 3.24. The molecule has 4 heteroatoms. The molecule has 0 saturated carbocycles. The second kappa shape index (κ2) is 7.74.